The zero-order valence-electron chi connectivity index (χ0n) is 10.9. The summed E-state index contributed by atoms with van der Waals surface area (Å²) >= 11 is 12.4. The molecule has 0 spiro atoms. The summed E-state index contributed by atoms with van der Waals surface area (Å²) in [6.07, 6.45) is 0. The van der Waals surface area contributed by atoms with E-state index in [0.29, 0.717) is 16.5 Å². The molecule has 0 saturated carbocycles. The van der Waals surface area contributed by atoms with Crippen LogP contribution < -0.4 is 0 Å². The van der Waals surface area contributed by atoms with E-state index < -0.39 is 0 Å². The minimum Gasteiger partial charge on any atom is -0.221 e. The molecule has 3 aromatic rings. The Balaban J connectivity index is 2.18. The molecular formula is C16H11Cl2FN2. The van der Waals surface area contributed by atoms with Crippen LogP contribution in [0.2, 0.25) is 5.15 Å². The quantitative estimate of drug-likeness (QED) is 0.616. The Hall–Kier alpha value is -1.84. The van der Waals surface area contributed by atoms with Crippen LogP contribution in [0.1, 0.15) is 5.56 Å². The first-order valence-electron chi connectivity index (χ1n) is 6.35. The smallest absolute Gasteiger partial charge is 0.137 e. The standard InChI is InChI=1S/C16H11Cl2FN2/c17-10-14-15(11-5-2-1-3-6-11)20-21(16(14)18)13-8-4-7-12(19)9-13/h1-9H,10H2. The van der Waals surface area contributed by atoms with Crippen molar-refractivity contribution in [3.8, 4) is 16.9 Å². The van der Waals surface area contributed by atoms with Gasteiger partial charge in [0.2, 0.25) is 0 Å². The van der Waals surface area contributed by atoms with E-state index in [1.165, 1.54) is 16.8 Å². The molecule has 2 nitrogen and oxygen atoms in total. The van der Waals surface area contributed by atoms with Crippen molar-refractivity contribution < 1.29 is 4.39 Å². The molecule has 21 heavy (non-hydrogen) atoms. The van der Waals surface area contributed by atoms with Gasteiger partial charge < -0.3 is 0 Å². The van der Waals surface area contributed by atoms with E-state index in [4.69, 9.17) is 23.2 Å². The van der Waals surface area contributed by atoms with Crippen LogP contribution in [-0.4, -0.2) is 9.78 Å². The van der Waals surface area contributed by atoms with Crippen LogP contribution >= 0.6 is 23.2 Å². The second-order valence-corrected chi connectivity index (χ2v) is 5.13. The number of hydrogen-bond donors (Lipinski definition) is 0. The minimum absolute atomic E-state index is 0.235. The highest BCUT2D eigenvalue weighted by Crippen LogP contribution is 2.31. The summed E-state index contributed by atoms with van der Waals surface area (Å²) in [7, 11) is 0. The van der Waals surface area contributed by atoms with Crippen molar-refractivity contribution in [2.75, 3.05) is 0 Å². The number of aromatic nitrogens is 2. The third-order valence-electron chi connectivity index (χ3n) is 3.15. The molecule has 3 rings (SSSR count). The molecule has 0 bridgehead atoms. The Kier molecular flexibility index (Phi) is 3.95. The fraction of sp³-hybridized carbons (Fsp3) is 0.0625. The van der Waals surface area contributed by atoms with Crippen molar-refractivity contribution in [2.45, 2.75) is 5.88 Å². The molecule has 0 atom stereocenters. The van der Waals surface area contributed by atoms with E-state index in [1.807, 2.05) is 30.3 Å². The average Bonchev–Trinajstić information content (AvgIpc) is 2.85. The van der Waals surface area contributed by atoms with Gasteiger partial charge in [0.1, 0.15) is 11.0 Å². The minimum atomic E-state index is -0.340. The van der Waals surface area contributed by atoms with Gasteiger partial charge in [-0.15, -0.1) is 11.6 Å². The van der Waals surface area contributed by atoms with Gasteiger partial charge in [0.15, 0.2) is 0 Å². The Labute approximate surface area is 131 Å². The maximum Gasteiger partial charge on any atom is 0.137 e. The highest BCUT2D eigenvalue weighted by Gasteiger charge is 2.18. The number of rotatable bonds is 3. The summed E-state index contributed by atoms with van der Waals surface area (Å²) in [5.74, 6) is -0.106. The number of hydrogen-bond acceptors (Lipinski definition) is 1. The first-order chi connectivity index (χ1) is 10.2. The van der Waals surface area contributed by atoms with Crippen molar-refractivity contribution in [1.82, 2.24) is 9.78 Å². The highest BCUT2D eigenvalue weighted by atomic mass is 35.5. The molecule has 0 fully saturated rings. The molecule has 2 aromatic carbocycles. The molecule has 0 amide bonds. The first-order valence-corrected chi connectivity index (χ1v) is 7.26. The normalized spacial score (nSPS) is 10.8. The van der Waals surface area contributed by atoms with Crippen LogP contribution in [-0.2, 0) is 5.88 Å². The number of halogens is 3. The predicted octanol–water partition coefficient (Wildman–Crippen LogP) is 5.07. The van der Waals surface area contributed by atoms with Gasteiger partial charge in [0.05, 0.1) is 17.3 Å². The second kappa shape index (κ2) is 5.88. The monoisotopic (exact) mass is 320 g/mol. The van der Waals surface area contributed by atoms with E-state index in [1.54, 1.807) is 12.1 Å². The van der Waals surface area contributed by atoms with Gasteiger partial charge in [-0.3, -0.25) is 0 Å². The lowest BCUT2D eigenvalue weighted by molar-refractivity contribution is 0.625. The Morgan fingerprint density at radius 1 is 1.05 bits per heavy atom. The van der Waals surface area contributed by atoms with Crippen LogP contribution in [0, 0.1) is 5.82 Å². The van der Waals surface area contributed by atoms with Gasteiger partial charge in [0, 0.05) is 11.1 Å². The Morgan fingerprint density at radius 3 is 2.48 bits per heavy atom. The van der Waals surface area contributed by atoms with Crippen molar-refractivity contribution in [2.24, 2.45) is 0 Å². The van der Waals surface area contributed by atoms with E-state index in [-0.39, 0.29) is 11.7 Å². The average molecular weight is 321 g/mol. The predicted molar refractivity (Wildman–Crippen MR) is 83.5 cm³/mol. The van der Waals surface area contributed by atoms with E-state index >= 15 is 0 Å². The third-order valence-corrected chi connectivity index (χ3v) is 3.81. The van der Waals surface area contributed by atoms with Crippen LogP contribution in [0.15, 0.2) is 54.6 Å². The third kappa shape index (κ3) is 2.67. The first kappa shape index (κ1) is 14.1. The zero-order valence-corrected chi connectivity index (χ0v) is 12.4. The summed E-state index contributed by atoms with van der Waals surface area (Å²) in [6.45, 7) is 0. The molecule has 1 heterocycles. The second-order valence-electron chi connectivity index (χ2n) is 4.51. The molecule has 0 aliphatic carbocycles. The topological polar surface area (TPSA) is 17.8 Å². The molecule has 106 valence electrons. The largest absolute Gasteiger partial charge is 0.221 e. The zero-order chi connectivity index (χ0) is 14.8. The molecule has 0 saturated heterocycles. The van der Waals surface area contributed by atoms with Crippen molar-refractivity contribution >= 4 is 23.2 Å². The molecule has 0 N–H and O–H groups in total. The molecule has 0 radical (unpaired) electrons. The highest BCUT2D eigenvalue weighted by molar-refractivity contribution is 6.32. The van der Waals surface area contributed by atoms with Gasteiger partial charge in [-0.1, -0.05) is 48.0 Å². The maximum atomic E-state index is 13.4. The fourth-order valence-electron chi connectivity index (χ4n) is 2.16. The van der Waals surface area contributed by atoms with Crippen molar-refractivity contribution in [1.29, 1.82) is 0 Å². The number of benzene rings is 2. The van der Waals surface area contributed by atoms with Gasteiger partial charge in [-0.05, 0) is 18.2 Å². The van der Waals surface area contributed by atoms with E-state index in [0.717, 1.165) is 11.1 Å². The number of nitrogens with zero attached hydrogens (tertiary/aromatic N) is 2. The molecule has 0 aliphatic rings. The van der Waals surface area contributed by atoms with Crippen LogP contribution in [0.25, 0.3) is 16.9 Å². The van der Waals surface area contributed by atoms with Crippen LogP contribution in [0.4, 0.5) is 4.39 Å². The SMILES string of the molecule is Fc1cccc(-n2nc(-c3ccccc3)c(CCl)c2Cl)c1. The molecule has 1 aromatic heterocycles. The van der Waals surface area contributed by atoms with Gasteiger partial charge in [-0.25, -0.2) is 9.07 Å². The van der Waals surface area contributed by atoms with E-state index in [2.05, 4.69) is 5.10 Å². The van der Waals surface area contributed by atoms with Crippen molar-refractivity contribution in [3.05, 3.63) is 71.1 Å². The lowest BCUT2D eigenvalue weighted by Crippen LogP contribution is -1.97. The van der Waals surface area contributed by atoms with Crippen molar-refractivity contribution in [3.63, 3.8) is 0 Å². The summed E-state index contributed by atoms with van der Waals surface area (Å²) in [5, 5.41) is 4.89. The molecule has 0 unspecified atom stereocenters. The number of alkyl halides is 1. The van der Waals surface area contributed by atoms with Crippen LogP contribution in [0.3, 0.4) is 0 Å². The lowest BCUT2D eigenvalue weighted by atomic mass is 10.1. The van der Waals surface area contributed by atoms with E-state index in [9.17, 15) is 4.39 Å². The van der Waals surface area contributed by atoms with Gasteiger partial charge in [-0.2, -0.15) is 5.10 Å². The molecule has 0 aliphatic heterocycles. The lowest BCUT2D eigenvalue weighted by Gasteiger charge is -2.02. The Bertz CT molecular complexity index is 769. The summed E-state index contributed by atoms with van der Waals surface area (Å²) in [6, 6.07) is 15.8. The summed E-state index contributed by atoms with van der Waals surface area (Å²) in [4.78, 5) is 0. The summed E-state index contributed by atoms with van der Waals surface area (Å²) < 4.78 is 14.9. The molecule has 5 heteroatoms. The van der Waals surface area contributed by atoms with Gasteiger partial charge in [0.25, 0.3) is 0 Å². The summed E-state index contributed by atoms with van der Waals surface area (Å²) in [5.41, 5.74) is 2.92. The Morgan fingerprint density at radius 2 is 1.81 bits per heavy atom. The van der Waals surface area contributed by atoms with Crippen LogP contribution in [0.5, 0.6) is 0 Å². The maximum absolute atomic E-state index is 13.4. The molecular weight excluding hydrogens is 310 g/mol. The van der Waals surface area contributed by atoms with Gasteiger partial charge >= 0.3 is 0 Å². The fourth-order valence-corrected chi connectivity index (χ4v) is 2.77.